The summed E-state index contributed by atoms with van der Waals surface area (Å²) in [5.41, 5.74) is 0. The predicted molar refractivity (Wildman–Crippen MR) is 73.5 cm³/mol. The fourth-order valence-corrected chi connectivity index (χ4v) is 2.58. The Balaban J connectivity index is 1.57. The van der Waals surface area contributed by atoms with Crippen molar-refractivity contribution in [1.82, 2.24) is 35.3 Å². The van der Waals surface area contributed by atoms with Gasteiger partial charge in [-0.2, -0.15) is 4.80 Å². The van der Waals surface area contributed by atoms with Crippen LogP contribution in [0.25, 0.3) is 0 Å². The van der Waals surface area contributed by atoms with Crippen molar-refractivity contribution in [2.75, 3.05) is 45.9 Å². The zero-order valence-electron chi connectivity index (χ0n) is 12.4. The number of hydrogen-bond donors (Lipinski definition) is 1. The van der Waals surface area contributed by atoms with Crippen molar-refractivity contribution >= 4 is 11.8 Å². The van der Waals surface area contributed by atoms with E-state index in [0.29, 0.717) is 38.6 Å². The molecule has 10 heteroatoms. The molecule has 1 aromatic rings. The molecule has 0 spiro atoms. The molecule has 22 heavy (non-hydrogen) atoms. The van der Waals surface area contributed by atoms with Crippen LogP contribution in [0.4, 0.5) is 0 Å². The van der Waals surface area contributed by atoms with E-state index in [2.05, 4.69) is 20.7 Å². The van der Waals surface area contributed by atoms with Crippen molar-refractivity contribution in [2.45, 2.75) is 6.10 Å². The number of piperazine rings is 1. The SMILES string of the molecule is Cn1nnc(C2CN(C(=O)CN3CCNC(=O)C3)CCO2)n1. The molecule has 1 unspecified atom stereocenters. The maximum absolute atomic E-state index is 12.4. The number of rotatable bonds is 3. The number of amides is 2. The Bertz CT molecular complexity index is 561. The largest absolute Gasteiger partial charge is 0.366 e. The van der Waals surface area contributed by atoms with Gasteiger partial charge >= 0.3 is 0 Å². The number of carbonyl (C=O) groups is 2. The highest BCUT2D eigenvalue weighted by molar-refractivity contribution is 5.82. The van der Waals surface area contributed by atoms with Crippen LogP contribution in [0.3, 0.4) is 0 Å². The summed E-state index contributed by atoms with van der Waals surface area (Å²) >= 11 is 0. The molecule has 10 nitrogen and oxygen atoms in total. The molecule has 3 rings (SSSR count). The van der Waals surface area contributed by atoms with E-state index in [1.807, 2.05) is 4.90 Å². The van der Waals surface area contributed by atoms with Crippen molar-refractivity contribution in [1.29, 1.82) is 0 Å². The highest BCUT2D eigenvalue weighted by Gasteiger charge is 2.29. The molecule has 2 fully saturated rings. The number of morpholine rings is 1. The van der Waals surface area contributed by atoms with E-state index in [-0.39, 0.29) is 31.0 Å². The van der Waals surface area contributed by atoms with Crippen LogP contribution in [0, 0.1) is 0 Å². The molecular weight excluding hydrogens is 290 g/mol. The Morgan fingerprint density at radius 1 is 1.45 bits per heavy atom. The van der Waals surface area contributed by atoms with Crippen LogP contribution >= 0.6 is 0 Å². The maximum Gasteiger partial charge on any atom is 0.236 e. The molecule has 2 aliphatic heterocycles. The number of ether oxygens (including phenoxy) is 1. The van der Waals surface area contributed by atoms with Crippen molar-refractivity contribution < 1.29 is 14.3 Å². The second-order valence-electron chi connectivity index (χ2n) is 5.40. The molecule has 3 heterocycles. The van der Waals surface area contributed by atoms with Gasteiger partial charge in [0.15, 0.2) is 0 Å². The van der Waals surface area contributed by atoms with E-state index in [1.54, 1.807) is 11.9 Å². The number of hydrogen-bond acceptors (Lipinski definition) is 7. The van der Waals surface area contributed by atoms with E-state index in [0.717, 1.165) is 0 Å². The summed E-state index contributed by atoms with van der Waals surface area (Å²) in [7, 11) is 1.68. The van der Waals surface area contributed by atoms with Gasteiger partial charge in [-0.3, -0.25) is 14.5 Å². The van der Waals surface area contributed by atoms with E-state index in [4.69, 9.17) is 4.74 Å². The van der Waals surface area contributed by atoms with E-state index < -0.39 is 0 Å². The van der Waals surface area contributed by atoms with Gasteiger partial charge in [0.1, 0.15) is 6.10 Å². The van der Waals surface area contributed by atoms with Crippen LogP contribution in [0.1, 0.15) is 11.9 Å². The first-order valence-corrected chi connectivity index (χ1v) is 7.24. The van der Waals surface area contributed by atoms with Crippen molar-refractivity contribution in [3.63, 3.8) is 0 Å². The third-order valence-electron chi connectivity index (χ3n) is 3.71. The van der Waals surface area contributed by atoms with Crippen LogP contribution in [0.5, 0.6) is 0 Å². The Morgan fingerprint density at radius 2 is 2.32 bits per heavy atom. The molecule has 1 N–H and O–H groups in total. The minimum atomic E-state index is -0.351. The Hall–Kier alpha value is -2.07. The molecule has 2 amide bonds. The topological polar surface area (TPSA) is 105 Å². The van der Waals surface area contributed by atoms with Crippen LogP contribution < -0.4 is 5.32 Å². The third kappa shape index (κ3) is 3.39. The Morgan fingerprint density at radius 3 is 3.05 bits per heavy atom. The molecule has 2 aliphatic rings. The Kier molecular flexibility index (Phi) is 4.29. The van der Waals surface area contributed by atoms with E-state index in [9.17, 15) is 9.59 Å². The van der Waals surface area contributed by atoms with Crippen LogP contribution in [-0.2, 0) is 21.4 Å². The minimum absolute atomic E-state index is 0.00751. The molecule has 0 bridgehead atoms. The molecule has 120 valence electrons. The summed E-state index contributed by atoms with van der Waals surface area (Å²) in [5.74, 6) is 0.437. The van der Waals surface area contributed by atoms with Gasteiger partial charge in [0.05, 0.1) is 33.3 Å². The monoisotopic (exact) mass is 309 g/mol. The summed E-state index contributed by atoms with van der Waals surface area (Å²) in [6.07, 6.45) is -0.351. The van der Waals surface area contributed by atoms with Gasteiger partial charge in [0.25, 0.3) is 0 Å². The normalized spacial score (nSPS) is 23.4. The summed E-state index contributed by atoms with van der Waals surface area (Å²) in [5, 5.41) is 14.6. The van der Waals surface area contributed by atoms with Gasteiger partial charge in [-0.05, 0) is 5.21 Å². The number of aryl methyl sites for hydroxylation is 1. The highest BCUT2D eigenvalue weighted by Crippen LogP contribution is 2.18. The van der Waals surface area contributed by atoms with Crippen LogP contribution in [0.2, 0.25) is 0 Å². The Labute approximate surface area is 127 Å². The summed E-state index contributed by atoms with van der Waals surface area (Å²) in [6, 6.07) is 0. The molecule has 0 aliphatic carbocycles. The average molecular weight is 309 g/mol. The number of tetrazole rings is 1. The smallest absolute Gasteiger partial charge is 0.236 e. The molecule has 0 aromatic carbocycles. The predicted octanol–water partition coefficient (Wildman–Crippen LogP) is -2.46. The van der Waals surface area contributed by atoms with Crippen LogP contribution in [-0.4, -0.2) is 87.7 Å². The molecule has 1 atom stereocenters. The van der Waals surface area contributed by atoms with E-state index >= 15 is 0 Å². The second-order valence-corrected chi connectivity index (χ2v) is 5.40. The lowest BCUT2D eigenvalue weighted by molar-refractivity contribution is -0.141. The highest BCUT2D eigenvalue weighted by atomic mass is 16.5. The number of nitrogens with one attached hydrogen (secondary N) is 1. The number of carbonyl (C=O) groups excluding carboxylic acids is 2. The summed E-state index contributed by atoms with van der Waals surface area (Å²) in [6.45, 7) is 3.17. The lowest BCUT2D eigenvalue weighted by Crippen LogP contribution is -2.52. The molecular formula is C12H19N7O3. The molecule has 1 aromatic heterocycles. The van der Waals surface area contributed by atoms with Gasteiger partial charge in [0, 0.05) is 19.6 Å². The van der Waals surface area contributed by atoms with Crippen molar-refractivity contribution in [2.24, 2.45) is 7.05 Å². The van der Waals surface area contributed by atoms with Crippen molar-refractivity contribution in [3.8, 4) is 0 Å². The lowest BCUT2D eigenvalue weighted by Gasteiger charge is -2.34. The summed E-state index contributed by atoms with van der Waals surface area (Å²) < 4.78 is 5.61. The van der Waals surface area contributed by atoms with Crippen LogP contribution in [0.15, 0.2) is 0 Å². The standard InChI is InChI=1S/C12H19N7O3/c1-17-15-12(14-16-17)9-6-19(4-5-22-9)11(21)8-18-3-2-13-10(20)7-18/h9H,2-8H2,1H3,(H,13,20). The van der Waals surface area contributed by atoms with Gasteiger partial charge in [-0.25, -0.2) is 0 Å². The summed E-state index contributed by atoms with van der Waals surface area (Å²) in [4.78, 5) is 28.7. The van der Waals surface area contributed by atoms with Gasteiger partial charge in [-0.15, -0.1) is 10.2 Å². The van der Waals surface area contributed by atoms with Gasteiger partial charge in [0.2, 0.25) is 17.6 Å². The van der Waals surface area contributed by atoms with Gasteiger partial charge in [-0.1, -0.05) is 0 Å². The first-order valence-electron chi connectivity index (χ1n) is 7.24. The lowest BCUT2D eigenvalue weighted by atomic mass is 10.2. The second kappa shape index (κ2) is 6.36. The minimum Gasteiger partial charge on any atom is -0.366 e. The quantitative estimate of drug-likeness (QED) is 0.660. The molecule has 2 saturated heterocycles. The first-order chi connectivity index (χ1) is 10.6. The zero-order chi connectivity index (χ0) is 15.5. The van der Waals surface area contributed by atoms with E-state index in [1.165, 1.54) is 4.80 Å². The fourth-order valence-electron chi connectivity index (χ4n) is 2.58. The maximum atomic E-state index is 12.4. The fraction of sp³-hybridized carbons (Fsp3) is 0.750. The zero-order valence-corrected chi connectivity index (χ0v) is 12.4. The van der Waals surface area contributed by atoms with Crippen molar-refractivity contribution in [3.05, 3.63) is 5.82 Å². The molecule has 0 saturated carbocycles. The average Bonchev–Trinajstić information content (AvgIpc) is 2.94. The number of aromatic nitrogens is 4. The number of nitrogens with zero attached hydrogens (tertiary/aromatic N) is 6. The first kappa shape index (κ1) is 14.9. The van der Waals surface area contributed by atoms with Gasteiger partial charge < -0.3 is 15.0 Å². The third-order valence-corrected chi connectivity index (χ3v) is 3.71. The molecule has 0 radical (unpaired) electrons.